The van der Waals surface area contributed by atoms with Crippen LogP contribution in [-0.2, 0) is 22.5 Å². The van der Waals surface area contributed by atoms with Crippen molar-refractivity contribution in [1.29, 1.82) is 0 Å². The summed E-state index contributed by atoms with van der Waals surface area (Å²) in [5, 5.41) is 2.73. The lowest BCUT2D eigenvalue weighted by atomic mass is 10.1. The minimum Gasteiger partial charge on any atom is -0.457 e. The summed E-state index contributed by atoms with van der Waals surface area (Å²) in [7, 11) is 0. The summed E-state index contributed by atoms with van der Waals surface area (Å²) >= 11 is 0. The van der Waals surface area contributed by atoms with Crippen LogP contribution in [0.5, 0.6) is 11.5 Å². The fourth-order valence-corrected chi connectivity index (χ4v) is 3.30. The Labute approximate surface area is 201 Å². The fourth-order valence-electron chi connectivity index (χ4n) is 3.30. The molecule has 3 aromatic rings. The van der Waals surface area contributed by atoms with Crippen LogP contribution in [0.3, 0.4) is 0 Å². The van der Waals surface area contributed by atoms with E-state index >= 15 is 0 Å². The van der Waals surface area contributed by atoms with Gasteiger partial charge in [0.1, 0.15) is 17.1 Å². The Morgan fingerprint density at radius 1 is 0.824 bits per heavy atom. The van der Waals surface area contributed by atoms with Gasteiger partial charge < -0.3 is 19.7 Å². The molecule has 6 nitrogen and oxygen atoms in total. The number of amides is 2. The Balaban J connectivity index is 1.60. The maximum atomic E-state index is 12.8. The number of hydrogen-bond donors (Lipinski definition) is 1. The van der Waals surface area contributed by atoms with E-state index < -0.39 is 5.60 Å². The summed E-state index contributed by atoms with van der Waals surface area (Å²) in [6.45, 7) is 8.12. The number of nitrogens with zero attached hydrogens (tertiary/aromatic N) is 1. The third kappa shape index (κ3) is 8.28. The highest BCUT2D eigenvalue weighted by molar-refractivity contribution is 5.88. The minimum atomic E-state index is -0.550. The zero-order chi connectivity index (χ0) is 24.6. The van der Waals surface area contributed by atoms with Crippen molar-refractivity contribution in [3.05, 3.63) is 90.0 Å². The Morgan fingerprint density at radius 3 is 1.97 bits per heavy atom. The van der Waals surface area contributed by atoms with Crippen molar-refractivity contribution >= 4 is 17.7 Å². The van der Waals surface area contributed by atoms with E-state index in [4.69, 9.17) is 9.47 Å². The molecule has 0 unspecified atom stereocenters. The Kier molecular flexibility index (Phi) is 8.30. The molecule has 178 valence electrons. The van der Waals surface area contributed by atoms with Gasteiger partial charge in [-0.2, -0.15) is 0 Å². The predicted molar refractivity (Wildman–Crippen MR) is 134 cm³/mol. The molecule has 0 radical (unpaired) electrons. The highest BCUT2D eigenvalue weighted by Gasteiger charge is 2.22. The zero-order valence-electron chi connectivity index (χ0n) is 20.2. The monoisotopic (exact) mass is 460 g/mol. The molecule has 34 heavy (non-hydrogen) atoms. The van der Waals surface area contributed by atoms with E-state index in [0.29, 0.717) is 31.0 Å². The maximum absolute atomic E-state index is 12.8. The molecule has 0 saturated heterocycles. The van der Waals surface area contributed by atoms with Gasteiger partial charge in [-0.05, 0) is 74.7 Å². The van der Waals surface area contributed by atoms with E-state index in [1.54, 1.807) is 17.0 Å². The van der Waals surface area contributed by atoms with Crippen LogP contribution in [0.2, 0.25) is 0 Å². The molecule has 0 aliphatic rings. The molecule has 3 rings (SSSR count). The first-order valence-corrected chi connectivity index (χ1v) is 11.3. The summed E-state index contributed by atoms with van der Waals surface area (Å²) in [5.74, 6) is 1.28. The van der Waals surface area contributed by atoms with E-state index in [2.05, 4.69) is 5.32 Å². The summed E-state index contributed by atoms with van der Waals surface area (Å²) in [4.78, 5) is 25.7. The smallest absolute Gasteiger partial charge is 0.410 e. The van der Waals surface area contributed by atoms with Gasteiger partial charge in [-0.25, -0.2) is 4.79 Å². The van der Waals surface area contributed by atoms with Gasteiger partial charge in [0, 0.05) is 25.7 Å². The number of carbonyl (C=O) groups is 2. The van der Waals surface area contributed by atoms with Gasteiger partial charge in [0.05, 0.1) is 0 Å². The van der Waals surface area contributed by atoms with Crippen LogP contribution < -0.4 is 10.1 Å². The van der Waals surface area contributed by atoms with Gasteiger partial charge in [0.25, 0.3) is 0 Å². The lowest BCUT2D eigenvalue weighted by Crippen LogP contribution is -2.37. The number of ether oxygens (including phenoxy) is 2. The van der Waals surface area contributed by atoms with Gasteiger partial charge in [-0.1, -0.05) is 42.5 Å². The summed E-state index contributed by atoms with van der Waals surface area (Å²) in [6, 6.07) is 24.9. The van der Waals surface area contributed by atoms with Crippen molar-refractivity contribution in [1.82, 2.24) is 4.90 Å². The Hall–Kier alpha value is -3.80. The SMILES string of the molecule is CC(=O)Nc1ccc(Oc2ccc(CCN(Cc3ccccc3)C(=O)OC(C)(C)C)cc2)cc1. The molecule has 0 aromatic heterocycles. The molecule has 0 heterocycles. The van der Waals surface area contributed by atoms with E-state index in [1.807, 2.05) is 87.5 Å². The van der Waals surface area contributed by atoms with Gasteiger partial charge >= 0.3 is 6.09 Å². The lowest BCUT2D eigenvalue weighted by molar-refractivity contribution is -0.114. The van der Waals surface area contributed by atoms with Crippen molar-refractivity contribution < 1.29 is 19.1 Å². The second-order valence-corrected chi connectivity index (χ2v) is 9.09. The average molecular weight is 461 g/mol. The molecule has 0 atom stereocenters. The molecule has 0 aliphatic heterocycles. The normalized spacial score (nSPS) is 10.9. The third-order valence-corrected chi connectivity index (χ3v) is 4.87. The molecule has 3 aromatic carbocycles. The number of nitrogens with one attached hydrogen (secondary N) is 1. The van der Waals surface area contributed by atoms with Crippen LogP contribution in [0.1, 0.15) is 38.8 Å². The summed E-state index contributed by atoms with van der Waals surface area (Å²) < 4.78 is 11.5. The van der Waals surface area contributed by atoms with Crippen LogP contribution in [0.15, 0.2) is 78.9 Å². The van der Waals surface area contributed by atoms with Crippen molar-refractivity contribution in [2.75, 3.05) is 11.9 Å². The topological polar surface area (TPSA) is 67.9 Å². The van der Waals surface area contributed by atoms with E-state index in [0.717, 1.165) is 16.8 Å². The number of benzene rings is 3. The van der Waals surface area contributed by atoms with Crippen LogP contribution in [0.4, 0.5) is 10.5 Å². The molecule has 2 amide bonds. The number of hydrogen-bond acceptors (Lipinski definition) is 4. The molecular weight excluding hydrogens is 428 g/mol. The van der Waals surface area contributed by atoms with Crippen molar-refractivity contribution in [2.45, 2.75) is 46.3 Å². The van der Waals surface area contributed by atoms with E-state index in [-0.39, 0.29) is 12.0 Å². The van der Waals surface area contributed by atoms with Crippen LogP contribution in [-0.4, -0.2) is 29.0 Å². The minimum absolute atomic E-state index is 0.113. The number of rotatable bonds is 8. The van der Waals surface area contributed by atoms with Gasteiger partial charge in [0.15, 0.2) is 0 Å². The van der Waals surface area contributed by atoms with Crippen molar-refractivity contribution in [3.63, 3.8) is 0 Å². The molecule has 6 heteroatoms. The highest BCUT2D eigenvalue weighted by Crippen LogP contribution is 2.24. The van der Waals surface area contributed by atoms with Gasteiger partial charge in [-0.3, -0.25) is 4.79 Å². The second-order valence-electron chi connectivity index (χ2n) is 9.09. The van der Waals surface area contributed by atoms with E-state index in [9.17, 15) is 9.59 Å². The van der Waals surface area contributed by atoms with E-state index in [1.165, 1.54) is 6.92 Å². The number of anilines is 1. The summed E-state index contributed by atoms with van der Waals surface area (Å²) in [6.07, 6.45) is 0.372. The quantitative estimate of drug-likeness (QED) is 0.421. The lowest BCUT2D eigenvalue weighted by Gasteiger charge is -2.27. The Morgan fingerprint density at radius 2 is 1.41 bits per heavy atom. The number of carbonyl (C=O) groups excluding carboxylic acids is 2. The van der Waals surface area contributed by atoms with Crippen molar-refractivity contribution in [3.8, 4) is 11.5 Å². The first-order chi connectivity index (χ1) is 16.2. The van der Waals surface area contributed by atoms with Gasteiger partial charge in [-0.15, -0.1) is 0 Å². The van der Waals surface area contributed by atoms with Crippen molar-refractivity contribution in [2.24, 2.45) is 0 Å². The summed E-state index contributed by atoms with van der Waals surface area (Å²) in [5.41, 5.74) is 2.32. The standard InChI is InChI=1S/C28H32N2O4/c1-21(31)29-24-12-16-26(17-13-24)33-25-14-10-22(11-15-25)18-19-30(27(32)34-28(2,3)4)20-23-8-6-5-7-9-23/h5-17H,18-20H2,1-4H3,(H,29,31). The first-order valence-electron chi connectivity index (χ1n) is 11.3. The molecule has 0 spiro atoms. The first kappa shape index (κ1) is 24.8. The van der Waals surface area contributed by atoms with Crippen LogP contribution >= 0.6 is 0 Å². The largest absolute Gasteiger partial charge is 0.457 e. The molecular formula is C28H32N2O4. The Bertz CT molecular complexity index is 1070. The van der Waals surface area contributed by atoms with Gasteiger partial charge in [0.2, 0.25) is 5.91 Å². The average Bonchev–Trinajstić information content (AvgIpc) is 2.78. The highest BCUT2D eigenvalue weighted by atomic mass is 16.6. The fraction of sp³-hybridized carbons (Fsp3) is 0.286. The molecule has 0 fully saturated rings. The maximum Gasteiger partial charge on any atom is 0.410 e. The predicted octanol–water partition coefficient (Wildman–Crippen LogP) is 6.42. The molecule has 0 saturated carbocycles. The van der Waals surface area contributed by atoms with Crippen LogP contribution in [0.25, 0.3) is 0 Å². The van der Waals surface area contributed by atoms with Crippen LogP contribution in [0, 0.1) is 0 Å². The zero-order valence-corrected chi connectivity index (χ0v) is 20.2. The molecule has 1 N–H and O–H groups in total. The second kappa shape index (κ2) is 11.4. The molecule has 0 bridgehead atoms. The third-order valence-electron chi connectivity index (χ3n) is 4.87. The molecule has 0 aliphatic carbocycles.